The quantitative estimate of drug-likeness (QED) is 0.641. The molecule has 7 nitrogen and oxygen atoms in total. The third-order valence-electron chi connectivity index (χ3n) is 3.20. The number of amides is 2. The van der Waals surface area contributed by atoms with E-state index in [1.807, 2.05) is 0 Å². The zero-order chi connectivity index (χ0) is 14.7. The number of benzene rings is 1. The predicted molar refractivity (Wildman–Crippen MR) is 71.4 cm³/mol. The Bertz CT molecular complexity index is 571. The van der Waals surface area contributed by atoms with Crippen LogP contribution in [0, 0.1) is 17.0 Å². The van der Waals surface area contributed by atoms with E-state index in [9.17, 15) is 19.7 Å². The van der Waals surface area contributed by atoms with Crippen LogP contribution in [0.25, 0.3) is 0 Å². The molecule has 7 heteroatoms. The normalized spacial score (nSPS) is 15.4. The summed E-state index contributed by atoms with van der Waals surface area (Å²) < 4.78 is 0. The summed E-state index contributed by atoms with van der Waals surface area (Å²) in [6, 6.07) is 4.62. The number of nitro groups is 1. The van der Waals surface area contributed by atoms with Gasteiger partial charge in [0.05, 0.1) is 11.5 Å². The summed E-state index contributed by atoms with van der Waals surface area (Å²) in [4.78, 5) is 35.8. The van der Waals surface area contributed by atoms with Gasteiger partial charge >= 0.3 is 0 Å². The third-order valence-corrected chi connectivity index (χ3v) is 3.20. The van der Waals surface area contributed by atoms with Crippen LogP contribution in [0.2, 0.25) is 0 Å². The Kier molecular flexibility index (Phi) is 3.97. The monoisotopic (exact) mass is 277 g/mol. The summed E-state index contributed by atoms with van der Waals surface area (Å²) in [5.74, 6) is -0.719. The molecular weight excluding hydrogens is 262 g/mol. The van der Waals surface area contributed by atoms with Crippen molar-refractivity contribution in [3.63, 3.8) is 0 Å². The third kappa shape index (κ3) is 2.76. The maximum atomic E-state index is 12.4. The van der Waals surface area contributed by atoms with Crippen molar-refractivity contribution in [1.29, 1.82) is 0 Å². The van der Waals surface area contributed by atoms with E-state index in [1.165, 1.54) is 11.0 Å². The van der Waals surface area contributed by atoms with E-state index in [0.29, 0.717) is 25.1 Å². The number of rotatable bonds is 2. The minimum Gasteiger partial charge on any atom is -0.354 e. The van der Waals surface area contributed by atoms with E-state index in [0.717, 1.165) is 0 Å². The topological polar surface area (TPSA) is 92.6 Å². The van der Waals surface area contributed by atoms with Crippen molar-refractivity contribution in [1.82, 2.24) is 10.2 Å². The second-order valence-electron chi connectivity index (χ2n) is 4.66. The van der Waals surface area contributed by atoms with Gasteiger partial charge in [0.1, 0.15) is 5.56 Å². The van der Waals surface area contributed by atoms with E-state index in [4.69, 9.17) is 0 Å². The highest BCUT2D eigenvalue weighted by molar-refractivity contribution is 6.00. The Balaban J connectivity index is 2.35. The Morgan fingerprint density at radius 1 is 1.45 bits per heavy atom. The highest BCUT2D eigenvalue weighted by Crippen LogP contribution is 2.24. The standard InChI is InChI=1S/C13H15N3O4/c1-9-4-2-5-10(12(9)16(19)20)13(18)15-7-3-6-14-11(17)8-15/h2,4-5H,3,6-8H2,1H3,(H,14,17). The molecule has 1 fully saturated rings. The molecule has 0 aliphatic carbocycles. The number of para-hydroxylation sites is 1. The van der Waals surface area contributed by atoms with Crippen LogP contribution in [0.5, 0.6) is 0 Å². The molecule has 0 radical (unpaired) electrons. The van der Waals surface area contributed by atoms with Gasteiger partial charge in [-0.1, -0.05) is 12.1 Å². The molecule has 2 amide bonds. The number of carbonyl (C=O) groups is 2. The second-order valence-corrected chi connectivity index (χ2v) is 4.66. The molecule has 0 spiro atoms. The van der Waals surface area contributed by atoms with Crippen LogP contribution >= 0.6 is 0 Å². The van der Waals surface area contributed by atoms with Crippen molar-refractivity contribution in [2.24, 2.45) is 0 Å². The SMILES string of the molecule is Cc1cccc(C(=O)N2CCCNC(=O)C2)c1[N+](=O)[O-]. The molecule has 1 aliphatic rings. The molecule has 1 aromatic rings. The number of carbonyl (C=O) groups excluding carboxylic acids is 2. The molecule has 0 aromatic heterocycles. The van der Waals surface area contributed by atoms with Crippen molar-refractivity contribution in [3.05, 3.63) is 39.4 Å². The largest absolute Gasteiger partial charge is 0.354 e. The number of nitrogens with one attached hydrogen (secondary N) is 1. The highest BCUT2D eigenvalue weighted by atomic mass is 16.6. The van der Waals surface area contributed by atoms with Crippen LogP contribution in [0.15, 0.2) is 18.2 Å². The number of nitro benzene ring substituents is 1. The van der Waals surface area contributed by atoms with Crippen molar-refractivity contribution < 1.29 is 14.5 Å². The lowest BCUT2D eigenvalue weighted by molar-refractivity contribution is -0.385. The van der Waals surface area contributed by atoms with Gasteiger partial charge in [0.25, 0.3) is 11.6 Å². The minimum absolute atomic E-state index is 0.0321. The molecule has 1 aromatic carbocycles. The van der Waals surface area contributed by atoms with Crippen LogP contribution in [0.1, 0.15) is 22.3 Å². The Labute approximate surface area is 115 Å². The smallest absolute Gasteiger partial charge is 0.285 e. The zero-order valence-corrected chi connectivity index (χ0v) is 11.1. The van der Waals surface area contributed by atoms with Gasteiger partial charge in [-0.25, -0.2) is 0 Å². The van der Waals surface area contributed by atoms with Gasteiger partial charge in [-0.15, -0.1) is 0 Å². The average molecular weight is 277 g/mol. The second kappa shape index (κ2) is 5.68. The zero-order valence-electron chi connectivity index (χ0n) is 11.1. The van der Waals surface area contributed by atoms with E-state index < -0.39 is 10.8 Å². The maximum absolute atomic E-state index is 12.4. The van der Waals surface area contributed by atoms with Crippen LogP contribution in [0.3, 0.4) is 0 Å². The summed E-state index contributed by atoms with van der Waals surface area (Å²) in [7, 11) is 0. The van der Waals surface area contributed by atoms with E-state index in [1.54, 1.807) is 19.1 Å². The Hall–Kier alpha value is -2.44. The molecule has 2 rings (SSSR count). The maximum Gasteiger partial charge on any atom is 0.285 e. The summed E-state index contributed by atoms with van der Waals surface area (Å²) in [5, 5.41) is 13.8. The molecule has 1 heterocycles. The molecule has 0 bridgehead atoms. The first kappa shape index (κ1) is 14.0. The number of nitrogens with zero attached hydrogens (tertiary/aromatic N) is 2. The molecule has 106 valence electrons. The van der Waals surface area contributed by atoms with Gasteiger partial charge in [0, 0.05) is 18.7 Å². The van der Waals surface area contributed by atoms with Gasteiger partial charge in [0.15, 0.2) is 0 Å². The van der Waals surface area contributed by atoms with Crippen molar-refractivity contribution in [2.45, 2.75) is 13.3 Å². The van der Waals surface area contributed by atoms with Gasteiger partial charge < -0.3 is 10.2 Å². The minimum atomic E-state index is -0.555. The fourth-order valence-electron chi connectivity index (χ4n) is 2.22. The van der Waals surface area contributed by atoms with Crippen LogP contribution < -0.4 is 5.32 Å². The van der Waals surface area contributed by atoms with Crippen LogP contribution in [-0.2, 0) is 4.79 Å². The molecule has 1 saturated heterocycles. The molecule has 1 N–H and O–H groups in total. The van der Waals surface area contributed by atoms with Crippen molar-refractivity contribution in [2.75, 3.05) is 19.6 Å². The summed E-state index contributed by atoms with van der Waals surface area (Å²) in [6.45, 7) is 2.44. The van der Waals surface area contributed by atoms with E-state index in [2.05, 4.69) is 5.32 Å². The van der Waals surface area contributed by atoms with E-state index in [-0.39, 0.29) is 23.7 Å². The van der Waals surface area contributed by atoms with Gasteiger partial charge in [0.2, 0.25) is 5.91 Å². The number of hydrogen-bond donors (Lipinski definition) is 1. The summed E-state index contributed by atoms with van der Waals surface area (Å²) in [6.07, 6.45) is 0.636. The molecule has 0 atom stereocenters. The molecule has 1 aliphatic heterocycles. The lowest BCUT2D eigenvalue weighted by atomic mass is 10.1. The predicted octanol–water partition coefficient (Wildman–Crippen LogP) is 0.865. The Morgan fingerprint density at radius 2 is 2.20 bits per heavy atom. The van der Waals surface area contributed by atoms with Gasteiger partial charge in [-0.05, 0) is 19.4 Å². The fourth-order valence-corrected chi connectivity index (χ4v) is 2.22. The van der Waals surface area contributed by atoms with Gasteiger partial charge in [-0.3, -0.25) is 19.7 Å². The average Bonchev–Trinajstić information content (AvgIpc) is 2.61. The first-order valence-electron chi connectivity index (χ1n) is 6.30. The summed E-state index contributed by atoms with van der Waals surface area (Å²) in [5.41, 5.74) is 0.270. The van der Waals surface area contributed by atoms with Gasteiger partial charge in [-0.2, -0.15) is 0 Å². The fraction of sp³-hybridized carbons (Fsp3) is 0.385. The molecule has 0 unspecified atom stereocenters. The first-order chi connectivity index (χ1) is 9.50. The molecule has 0 saturated carbocycles. The first-order valence-corrected chi connectivity index (χ1v) is 6.30. The van der Waals surface area contributed by atoms with Crippen molar-refractivity contribution >= 4 is 17.5 Å². The van der Waals surface area contributed by atoms with Crippen molar-refractivity contribution in [3.8, 4) is 0 Å². The summed E-state index contributed by atoms with van der Waals surface area (Å²) >= 11 is 0. The highest BCUT2D eigenvalue weighted by Gasteiger charge is 2.28. The molecular formula is C13H15N3O4. The van der Waals surface area contributed by atoms with Crippen LogP contribution in [0.4, 0.5) is 5.69 Å². The van der Waals surface area contributed by atoms with E-state index >= 15 is 0 Å². The van der Waals surface area contributed by atoms with Crippen LogP contribution in [-0.4, -0.2) is 41.3 Å². The molecule has 20 heavy (non-hydrogen) atoms. The number of hydrogen-bond acceptors (Lipinski definition) is 4. The lowest BCUT2D eigenvalue weighted by Crippen LogP contribution is -2.37. The number of aryl methyl sites for hydroxylation is 1. The Morgan fingerprint density at radius 3 is 2.90 bits per heavy atom. The lowest BCUT2D eigenvalue weighted by Gasteiger charge is -2.19.